The number of nitrogens with zero attached hydrogens (tertiary/aromatic N) is 1. The van der Waals surface area contributed by atoms with Crippen LogP contribution in [0.3, 0.4) is 0 Å². The summed E-state index contributed by atoms with van der Waals surface area (Å²) >= 11 is 0. The second kappa shape index (κ2) is 4.17. The van der Waals surface area contributed by atoms with Crippen molar-refractivity contribution in [1.29, 1.82) is 0 Å². The first-order valence-corrected chi connectivity index (χ1v) is 6.67. The molecule has 4 heteroatoms. The van der Waals surface area contributed by atoms with Crippen LogP contribution in [0.1, 0.15) is 29.2 Å². The number of amides is 2. The summed E-state index contributed by atoms with van der Waals surface area (Å²) in [5.74, 6) is -0.150. The van der Waals surface area contributed by atoms with Gasteiger partial charge >= 0.3 is 0 Å². The van der Waals surface area contributed by atoms with Crippen LogP contribution < -0.4 is 5.73 Å². The normalized spacial score (nSPS) is 26.6. The number of aryl methyl sites for hydroxylation is 2. The quantitative estimate of drug-likeness (QED) is 0.831. The van der Waals surface area contributed by atoms with Gasteiger partial charge in [-0.3, -0.25) is 14.5 Å². The Balaban J connectivity index is 1.76. The van der Waals surface area contributed by atoms with Crippen molar-refractivity contribution in [2.75, 3.05) is 6.54 Å². The molecule has 3 unspecified atom stereocenters. The number of fused-ring (bicyclic) bond motifs is 1. The largest absolute Gasteiger partial charge is 0.322 e. The number of rotatable bonds is 3. The van der Waals surface area contributed by atoms with Crippen LogP contribution in [0.15, 0.2) is 18.2 Å². The van der Waals surface area contributed by atoms with Gasteiger partial charge in [0.25, 0.3) is 0 Å². The van der Waals surface area contributed by atoms with Crippen LogP contribution in [0.5, 0.6) is 0 Å². The molecule has 4 nitrogen and oxygen atoms in total. The zero-order valence-electron chi connectivity index (χ0n) is 11.2. The first-order chi connectivity index (χ1) is 8.99. The van der Waals surface area contributed by atoms with Crippen molar-refractivity contribution >= 4 is 11.8 Å². The van der Waals surface area contributed by atoms with Crippen LogP contribution in [-0.4, -0.2) is 23.3 Å². The van der Waals surface area contributed by atoms with Gasteiger partial charge in [-0.2, -0.15) is 0 Å². The third-order valence-corrected chi connectivity index (χ3v) is 4.16. The second-order valence-electron chi connectivity index (χ2n) is 5.70. The van der Waals surface area contributed by atoms with E-state index in [-0.39, 0.29) is 29.7 Å². The number of imide groups is 1. The smallest absolute Gasteiger partial charge is 0.233 e. The molecular weight excluding hydrogens is 240 g/mol. The van der Waals surface area contributed by atoms with Gasteiger partial charge in [0.1, 0.15) is 0 Å². The van der Waals surface area contributed by atoms with E-state index in [4.69, 9.17) is 5.73 Å². The molecule has 100 valence electrons. The molecule has 1 aromatic carbocycles. The molecule has 2 N–H and O–H groups in total. The van der Waals surface area contributed by atoms with Crippen LogP contribution >= 0.6 is 0 Å². The molecule has 3 atom stereocenters. The van der Waals surface area contributed by atoms with Gasteiger partial charge in [-0.05, 0) is 31.4 Å². The molecule has 1 aliphatic heterocycles. The summed E-state index contributed by atoms with van der Waals surface area (Å²) in [6.07, 6.45) is 0.743. The number of piperidine rings is 1. The molecule has 0 radical (unpaired) electrons. The molecule has 1 saturated heterocycles. The molecule has 1 aromatic rings. The van der Waals surface area contributed by atoms with Crippen LogP contribution in [0, 0.1) is 25.7 Å². The highest BCUT2D eigenvalue weighted by molar-refractivity contribution is 6.08. The number of carbonyl (C=O) groups is 2. The fraction of sp³-hybridized carbons (Fsp3) is 0.467. The Kier molecular flexibility index (Phi) is 2.71. The Morgan fingerprint density at radius 3 is 2.47 bits per heavy atom. The lowest BCUT2D eigenvalue weighted by molar-refractivity contribution is -0.141. The van der Waals surface area contributed by atoms with Crippen molar-refractivity contribution in [3.05, 3.63) is 34.9 Å². The first-order valence-electron chi connectivity index (χ1n) is 6.67. The van der Waals surface area contributed by atoms with E-state index in [2.05, 4.69) is 6.07 Å². The van der Waals surface area contributed by atoms with Gasteiger partial charge in [0, 0.05) is 12.6 Å². The third-order valence-electron chi connectivity index (χ3n) is 4.16. The molecule has 1 heterocycles. The predicted octanol–water partition coefficient (Wildman–Crippen LogP) is 1.31. The summed E-state index contributed by atoms with van der Waals surface area (Å²) in [5.41, 5.74) is 9.46. The second-order valence-corrected chi connectivity index (χ2v) is 5.70. The summed E-state index contributed by atoms with van der Waals surface area (Å²) in [4.78, 5) is 25.2. The predicted molar refractivity (Wildman–Crippen MR) is 71.2 cm³/mol. The van der Waals surface area contributed by atoms with E-state index in [0.29, 0.717) is 6.54 Å². The van der Waals surface area contributed by atoms with Crippen molar-refractivity contribution in [3.8, 4) is 0 Å². The lowest BCUT2D eigenvalue weighted by Crippen LogP contribution is -2.38. The summed E-state index contributed by atoms with van der Waals surface area (Å²) in [6.45, 7) is 4.34. The third kappa shape index (κ3) is 1.96. The average Bonchev–Trinajstić information content (AvgIpc) is 3.09. The Hall–Kier alpha value is -1.68. The number of hydrogen-bond acceptors (Lipinski definition) is 3. The van der Waals surface area contributed by atoms with Crippen LogP contribution in [0.4, 0.5) is 0 Å². The van der Waals surface area contributed by atoms with E-state index in [1.807, 2.05) is 26.0 Å². The average molecular weight is 258 g/mol. The highest BCUT2D eigenvalue weighted by atomic mass is 16.2. The lowest BCUT2D eigenvalue weighted by Gasteiger charge is -2.22. The Labute approximate surface area is 112 Å². The minimum absolute atomic E-state index is 0.0322. The van der Waals surface area contributed by atoms with Gasteiger partial charge in [-0.1, -0.05) is 23.8 Å². The molecule has 0 aromatic heterocycles. The fourth-order valence-corrected chi connectivity index (χ4v) is 2.97. The van der Waals surface area contributed by atoms with Gasteiger partial charge in [-0.15, -0.1) is 0 Å². The number of likely N-dealkylation sites (tertiary alicyclic amines) is 1. The SMILES string of the molecule is Cc1ccc(C(N)CN2C(=O)C3CC3C2=O)c(C)c1. The van der Waals surface area contributed by atoms with Gasteiger partial charge in [0.2, 0.25) is 11.8 Å². The zero-order chi connectivity index (χ0) is 13.7. The Morgan fingerprint density at radius 2 is 1.89 bits per heavy atom. The van der Waals surface area contributed by atoms with E-state index < -0.39 is 0 Å². The maximum atomic E-state index is 11.9. The molecule has 2 aliphatic rings. The van der Waals surface area contributed by atoms with Gasteiger partial charge in [0.15, 0.2) is 0 Å². The molecular formula is C15H18N2O2. The number of hydrogen-bond donors (Lipinski definition) is 1. The zero-order valence-corrected chi connectivity index (χ0v) is 11.2. The van der Waals surface area contributed by atoms with Crippen LogP contribution in [0.25, 0.3) is 0 Å². The fourth-order valence-electron chi connectivity index (χ4n) is 2.97. The molecule has 1 saturated carbocycles. The lowest BCUT2D eigenvalue weighted by atomic mass is 9.99. The minimum Gasteiger partial charge on any atom is -0.322 e. The molecule has 0 spiro atoms. The van der Waals surface area contributed by atoms with E-state index >= 15 is 0 Å². The molecule has 1 aliphatic carbocycles. The highest BCUT2D eigenvalue weighted by Crippen LogP contribution is 2.47. The van der Waals surface area contributed by atoms with Crippen molar-refractivity contribution in [2.24, 2.45) is 17.6 Å². The van der Waals surface area contributed by atoms with Crippen LogP contribution in [0.2, 0.25) is 0 Å². The maximum absolute atomic E-state index is 11.9. The van der Waals surface area contributed by atoms with E-state index in [9.17, 15) is 9.59 Å². The van der Waals surface area contributed by atoms with Gasteiger partial charge < -0.3 is 5.73 Å². The molecule has 2 fully saturated rings. The highest BCUT2D eigenvalue weighted by Gasteiger charge is 2.58. The standard InChI is InChI=1S/C15H18N2O2/c1-8-3-4-10(9(2)5-8)13(16)7-17-14(18)11-6-12(11)15(17)19/h3-5,11-13H,6-7,16H2,1-2H3. The number of benzene rings is 1. The van der Waals surface area contributed by atoms with E-state index in [1.165, 1.54) is 10.5 Å². The number of carbonyl (C=O) groups excluding carboxylic acids is 2. The monoisotopic (exact) mass is 258 g/mol. The van der Waals surface area contributed by atoms with Crippen molar-refractivity contribution in [1.82, 2.24) is 4.90 Å². The summed E-state index contributed by atoms with van der Waals surface area (Å²) in [5, 5.41) is 0. The van der Waals surface area contributed by atoms with E-state index in [0.717, 1.165) is 17.5 Å². The molecule has 2 amide bonds. The van der Waals surface area contributed by atoms with Gasteiger partial charge in [0.05, 0.1) is 11.8 Å². The minimum atomic E-state index is -0.300. The summed E-state index contributed by atoms with van der Waals surface area (Å²) in [6, 6.07) is 5.76. The van der Waals surface area contributed by atoms with Crippen molar-refractivity contribution in [2.45, 2.75) is 26.3 Å². The Bertz CT molecular complexity index is 547. The number of nitrogens with two attached hydrogens (primary N) is 1. The van der Waals surface area contributed by atoms with Crippen LogP contribution in [-0.2, 0) is 9.59 Å². The summed E-state index contributed by atoms with van der Waals surface area (Å²) < 4.78 is 0. The van der Waals surface area contributed by atoms with Gasteiger partial charge in [-0.25, -0.2) is 0 Å². The Morgan fingerprint density at radius 1 is 1.26 bits per heavy atom. The topological polar surface area (TPSA) is 63.4 Å². The van der Waals surface area contributed by atoms with E-state index in [1.54, 1.807) is 0 Å². The summed E-state index contributed by atoms with van der Waals surface area (Å²) in [7, 11) is 0. The molecule has 19 heavy (non-hydrogen) atoms. The first kappa shape index (κ1) is 12.4. The molecule has 3 rings (SSSR count). The molecule has 0 bridgehead atoms. The maximum Gasteiger partial charge on any atom is 0.233 e. The van der Waals surface area contributed by atoms with Crippen molar-refractivity contribution in [3.63, 3.8) is 0 Å². The van der Waals surface area contributed by atoms with Crippen molar-refractivity contribution < 1.29 is 9.59 Å².